The van der Waals surface area contributed by atoms with Gasteiger partial charge in [-0.05, 0) is 38.8 Å². The number of hydrogen-bond donors (Lipinski definition) is 1. The Morgan fingerprint density at radius 2 is 1.74 bits per heavy atom. The van der Waals surface area contributed by atoms with Crippen molar-refractivity contribution in [3.8, 4) is 0 Å². The van der Waals surface area contributed by atoms with Crippen molar-refractivity contribution >= 4 is 0 Å². The van der Waals surface area contributed by atoms with Crippen molar-refractivity contribution in [2.45, 2.75) is 53.1 Å². The van der Waals surface area contributed by atoms with Crippen LogP contribution in [0.1, 0.15) is 49.5 Å². The van der Waals surface area contributed by atoms with Crippen molar-refractivity contribution in [1.29, 1.82) is 0 Å². The molecule has 0 bridgehead atoms. The highest BCUT2D eigenvalue weighted by atomic mass is 16.5. The second-order valence-electron chi connectivity index (χ2n) is 5.18. The Morgan fingerprint density at radius 1 is 1.16 bits per heavy atom. The molecule has 0 aliphatic rings. The third-order valence-electron chi connectivity index (χ3n) is 3.44. The molecule has 4 nitrogen and oxygen atoms in total. The maximum absolute atomic E-state index is 5.27. The minimum absolute atomic E-state index is 0.156. The second kappa shape index (κ2) is 7.56. The van der Waals surface area contributed by atoms with Gasteiger partial charge in [0.1, 0.15) is 5.82 Å². The summed E-state index contributed by atoms with van der Waals surface area (Å²) in [5.74, 6) is 1.32. The van der Waals surface area contributed by atoms with Crippen LogP contribution in [-0.2, 0) is 11.2 Å². The SMILES string of the molecule is CCNCC(C)c1c(C)nc(CC(C)OC)nc1C. The molecule has 0 amide bonds. The Morgan fingerprint density at radius 3 is 2.21 bits per heavy atom. The summed E-state index contributed by atoms with van der Waals surface area (Å²) in [5.41, 5.74) is 3.46. The number of likely N-dealkylation sites (N-methyl/N-ethyl adjacent to an activating group) is 1. The van der Waals surface area contributed by atoms with Crippen LogP contribution in [0.15, 0.2) is 0 Å². The summed E-state index contributed by atoms with van der Waals surface area (Å²) in [6, 6.07) is 0. The summed E-state index contributed by atoms with van der Waals surface area (Å²) in [6.07, 6.45) is 0.920. The molecule has 19 heavy (non-hydrogen) atoms. The number of methoxy groups -OCH3 is 1. The number of nitrogens with one attached hydrogen (secondary N) is 1. The summed E-state index contributed by atoms with van der Waals surface area (Å²) in [6.45, 7) is 12.5. The molecule has 1 aromatic rings. The second-order valence-corrected chi connectivity index (χ2v) is 5.18. The Labute approximate surface area is 117 Å². The molecule has 0 aromatic carbocycles. The lowest BCUT2D eigenvalue weighted by Gasteiger charge is -2.18. The average molecular weight is 265 g/mol. The lowest BCUT2D eigenvalue weighted by atomic mass is 9.98. The highest BCUT2D eigenvalue weighted by Crippen LogP contribution is 2.21. The molecule has 1 rings (SSSR count). The molecule has 0 aliphatic heterocycles. The molecule has 1 aromatic heterocycles. The van der Waals surface area contributed by atoms with E-state index in [1.54, 1.807) is 7.11 Å². The average Bonchev–Trinajstić information content (AvgIpc) is 2.35. The van der Waals surface area contributed by atoms with Gasteiger partial charge in [-0.15, -0.1) is 0 Å². The van der Waals surface area contributed by atoms with Crippen LogP contribution in [0.2, 0.25) is 0 Å². The number of ether oxygens (including phenoxy) is 1. The Bertz CT molecular complexity index is 383. The summed E-state index contributed by atoms with van der Waals surface area (Å²) in [7, 11) is 1.72. The number of aryl methyl sites for hydroxylation is 2. The van der Waals surface area contributed by atoms with Crippen LogP contribution < -0.4 is 5.32 Å². The van der Waals surface area contributed by atoms with Crippen LogP contribution in [0.4, 0.5) is 0 Å². The van der Waals surface area contributed by atoms with Gasteiger partial charge in [0.15, 0.2) is 0 Å². The van der Waals surface area contributed by atoms with Crippen molar-refractivity contribution in [2.75, 3.05) is 20.2 Å². The molecule has 0 saturated carbocycles. The van der Waals surface area contributed by atoms with Gasteiger partial charge in [0.05, 0.1) is 6.10 Å². The fraction of sp³-hybridized carbons (Fsp3) is 0.733. The zero-order valence-electron chi connectivity index (χ0n) is 13.1. The third kappa shape index (κ3) is 4.55. The molecule has 0 aliphatic carbocycles. The van der Waals surface area contributed by atoms with Crippen molar-refractivity contribution in [1.82, 2.24) is 15.3 Å². The smallest absolute Gasteiger partial charge is 0.131 e. The highest BCUT2D eigenvalue weighted by molar-refractivity contribution is 5.28. The third-order valence-corrected chi connectivity index (χ3v) is 3.44. The van der Waals surface area contributed by atoms with E-state index < -0.39 is 0 Å². The molecule has 0 spiro atoms. The fourth-order valence-electron chi connectivity index (χ4n) is 2.40. The van der Waals surface area contributed by atoms with E-state index in [-0.39, 0.29) is 6.10 Å². The van der Waals surface area contributed by atoms with E-state index in [0.29, 0.717) is 5.92 Å². The normalized spacial score (nSPS) is 14.4. The lowest BCUT2D eigenvalue weighted by molar-refractivity contribution is 0.117. The minimum Gasteiger partial charge on any atom is -0.381 e. The predicted molar refractivity (Wildman–Crippen MR) is 78.6 cm³/mol. The quantitative estimate of drug-likeness (QED) is 0.822. The van der Waals surface area contributed by atoms with E-state index >= 15 is 0 Å². The van der Waals surface area contributed by atoms with Crippen molar-refractivity contribution in [3.63, 3.8) is 0 Å². The Balaban J connectivity index is 2.90. The number of aromatic nitrogens is 2. The topological polar surface area (TPSA) is 47.0 Å². The van der Waals surface area contributed by atoms with Crippen LogP contribution in [-0.4, -0.2) is 36.3 Å². The van der Waals surface area contributed by atoms with E-state index in [1.165, 1.54) is 5.56 Å². The van der Waals surface area contributed by atoms with Gasteiger partial charge in [0.25, 0.3) is 0 Å². The van der Waals surface area contributed by atoms with Crippen molar-refractivity contribution in [3.05, 3.63) is 22.8 Å². The Kier molecular flexibility index (Phi) is 6.38. The van der Waals surface area contributed by atoms with Gasteiger partial charge in [0, 0.05) is 31.5 Å². The van der Waals surface area contributed by atoms with E-state index in [1.807, 2.05) is 6.92 Å². The lowest BCUT2D eigenvalue weighted by Crippen LogP contribution is -2.22. The van der Waals surface area contributed by atoms with Gasteiger partial charge in [-0.1, -0.05) is 13.8 Å². The molecule has 4 heteroatoms. The number of hydrogen-bond acceptors (Lipinski definition) is 4. The number of rotatable bonds is 7. The summed E-state index contributed by atoms with van der Waals surface area (Å²) in [4.78, 5) is 9.26. The first-order chi connectivity index (χ1) is 8.99. The molecule has 0 fully saturated rings. The largest absolute Gasteiger partial charge is 0.381 e. The van der Waals surface area contributed by atoms with Gasteiger partial charge in [-0.2, -0.15) is 0 Å². The first-order valence-corrected chi connectivity index (χ1v) is 7.07. The highest BCUT2D eigenvalue weighted by Gasteiger charge is 2.15. The standard InChI is InChI=1S/C15H27N3O/c1-7-16-9-10(2)15-12(4)17-14(18-13(15)5)8-11(3)19-6/h10-11,16H,7-9H2,1-6H3. The maximum atomic E-state index is 5.27. The maximum Gasteiger partial charge on any atom is 0.131 e. The van der Waals surface area contributed by atoms with Crippen LogP contribution in [0.3, 0.4) is 0 Å². The zero-order chi connectivity index (χ0) is 14.4. The summed E-state index contributed by atoms with van der Waals surface area (Å²) < 4.78 is 5.27. The fourth-order valence-corrected chi connectivity index (χ4v) is 2.40. The van der Waals surface area contributed by atoms with Gasteiger partial charge in [0.2, 0.25) is 0 Å². The molecule has 1 N–H and O–H groups in total. The van der Waals surface area contributed by atoms with Crippen molar-refractivity contribution in [2.24, 2.45) is 0 Å². The minimum atomic E-state index is 0.156. The first kappa shape index (κ1) is 16.1. The van der Waals surface area contributed by atoms with E-state index in [0.717, 1.165) is 36.7 Å². The van der Waals surface area contributed by atoms with Gasteiger partial charge in [-0.25, -0.2) is 9.97 Å². The molecule has 1 heterocycles. The molecule has 0 saturated heterocycles. The molecule has 108 valence electrons. The van der Waals surface area contributed by atoms with Gasteiger partial charge >= 0.3 is 0 Å². The van der Waals surface area contributed by atoms with Crippen LogP contribution >= 0.6 is 0 Å². The first-order valence-electron chi connectivity index (χ1n) is 7.07. The van der Waals surface area contributed by atoms with Gasteiger partial charge < -0.3 is 10.1 Å². The van der Waals surface area contributed by atoms with Crippen LogP contribution in [0.5, 0.6) is 0 Å². The van der Waals surface area contributed by atoms with Crippen molar-refractivity contribution < 1.29 is 4.74 Å². The zero-order valence-corrected chi connectivity index (χ0v) is 13.1. The van der Waals surface area contributed by atoms with E-state index in [9.17, 15) is 0 Å². The monoisotopic (exact) mass is 265 g/mol. The van der Waals surface area contributed by atoms with E-state index in [4.69, 9.17) is 4.74 Å². The summed E-state index contributed by atoms with van der Waals surface area (Å²) in [5, 5.41) is 3.38. The molecular weight excluding hydrogens is 238 g/mol. The molecule has 2 unspecified atom stereocenters. The predicted octanol–water partition coefficient (Wildman–Crippen LogP) is 2.38. The van der Waals surface area contributed by atoms with Crippen LogP contribution in [0.25, 0.3) is 0 Å². The van der Waals surface area contributed by atoms with E-state index in [2.05, 4.69) is 43.0 Å². The van der Waals surface area contributed by atoms with Crippen LogP contribution in [0, 0.1) is 13.8 Å². The Hall–Kier alpha value is -1.00. The summed E-state index contributed by atoms with van der Waals surface area (Å²) >= 11 is 0. The molecule has 0 radical (unpaired) electrons. The number of nitrogens with zero attached hydrogens (tertiary/aromatic N) is 2. The van der Waals surface area contributed by atoms with Gasteiger partial charge in [-0.3, -0.25) is 0 Å². The molecular formula is C15H27N3O. The molecule has 2 atom stereocenters.